The molecule has 0 aromatic heterocycles. The van der Waals surface area contributed by atoms with E-state index < -0.39 is 6.10 Å². The average Bonchev–Trinajstić information content (AvgIpc) is 2.04. The van der Waals surface area contributed by atoms with Crippen LogP contribution < -0.4 is 5.32 Å². The topological polar surface area (TPSA) is 72.7 Å². The Bertz CT molecular complexity index is 80.1. The Balaban J connectivity index is 2.89. The molecule has 0 bridgehead atoms. The Hall–Kier alpha value is -0.160. The van der Waals surface area contributed by atoms with Crippen LogP contribution in [0.25, 0.3) is 0 Å². The maximum absolute atomic E-state index is 8.85. The average molecular weight is 163 g/mol. The molecule has 4 N–H and O–H groups in total. The minimum atomic E-state index is -0.663. The molecule has 4 heteroatoms. The number of aliphatic hydroxyl groups excluding tert-OH is 3. The van der Waals surface area contributed by atoms with E-state index in [0.717, 1.165) is 19.4 Å². The number of unbranched alkanes of at least 4 members (excludes halogenated alkanes) is 1. The molecule has 0 aliphatic rings. The molecule has 0 amide bonds. The molecule has 4 nitrogen and oxygen atoms in total. The van der Waals surface area contributed by atoms with Gasteiger partial charge in [-0.1, -0.05) is 0 Å². The Labute approximate surface area is 66.9 Å². The highest BCUT2D eigenvalue weighted by atomic mass is 16.3. The molecule has 0 fully saturated rings. The molecule has 0 saturated carbocycles. The van der Waals surface area contributed by atoms with Crippen LogP contribution in [0, 0.1) is 0 Å². The molecule has 0 aromatic rings. The van der Waals surface area contributed by atoms with Gasteiger partial charge in [0.05, 0.1) is 12.7 Å². The van der Waals surface area contributed by atoms with E-state index in [4.69, 9.17) is 15.3 Å². The lowest BCUT2D eigenvalue weighted by Crippen LogP contribution is -2.29. The van der Waals surface area contributed by atoms with Gasteiger partial charge in [-0.3, -0.25) is 0 Å². The SMILES string of the molecule is OCCCCNC[C@H](O)CO. The van der Waals surface area contributed by atoms with Crippen LogP contribution in [0.15, 0.2) is 0 Å². The predicted molar refractivity (Wildman–Crippen MR) is 42.3 cm³/mol. The van der Waals surface area contributed by atoms with Crippen molar-refractivity contribution in [1.82, 2.24) is 5.32 Å². The van der Waals surface area contributed by atoms with E-state index in [-0.39, 0.29) is 13.2 Å². The first kappa shape index (κ1) is 10.8. The van der Waals surface area contributed by atoms with Crippen molar-refractivity contribution in [3.8, 4) is 0 Å². The van der Waals surface area contributed by atoms with Gasteiger partial charge in [0.15, 0.2) is 0 Å². The molecule has 0 spiro atoms. The van der Waals surface area contributed by atoms with Crippen LogP contribution in [0.2, 0.25) is 0 Å². The molecule has 0 aliphatic heterocycles. The maximum atomic E-state index is 8.85. The largest absolute Gasteiger partial charge is 0.396 e. The minimum Gasteiger partial charge on any atom is -0.396 e. The lowest BCUT2D eigenvalue weighted by Gasteiger charge is -2.07. The van der Waals surface area contributed by atoms with Gasteiger partial charge < -0.3 is 20.6 Å². The zero-order chi connectivity index (χ0) is 8.53. The first-order valence-corrected chi connectivity index (χ1v) is 3.91. The van der Waals surface area contributed by atoms with Crippen molar-refractivity contribution < 1.29 is 15.3 Å². The third-order valence-corrected chi connectivity index (χ3v) is 1.35. The van der Waals surface area contributed by atoms with Gasteiger partial charge in [-0.05, 0) is 19.4 Å². The van der Waals surface area contributed by atoms with Crippen LogP contribution in [0.1, 0.15) is 12.8 Å². The monoisotopic (exact) mass is 163 g/mol. The van der Waals surface area contributed by atoms with Gasteiger partial charge >= 0.3 is 0 Å². The van der Waals surface area contributed by atoms with Crippen LogP contribution in [-0.2, 0) is 0 Å². The molecule has 0 radical (unpaired) electrons. The van der Waals surface area contributed by atoms with Crippen molar-refractivity contribution in [3.05, 3.63) is 0 Å². The third-order valence-electron chi connectivity index (χ3n) is 1.35. The summed E-state index contributed by atoms with van der Waals surface area (Å²) in [6.45, 7) is 1.21. The fourth-order valence-electron chi connectivity index (χ4n) is 0.695. The van der Waals surface area contributed by atoms with Crippen molar-refractivity contribution >= 4 is 0 Å². The molecule has 68 valence electrons. The number of aliphatic hydroxyl groups is 3. The summed E-state index contributed by atoms with van der Waals surface area (Å²) in [4.78, 5) is 0. The fraction of sp³-hybridized carbons (Fsp3) is 1.00. The summed E-state index contributed by atoms with van der Waals surface area (Å²) >= 11 is 0. The highest BCUT2D eigenvalue weighted by Gasteiger charge is 1.98. The van der Waals surface area contributed by atoms with Crippen molar-refractivity contribution in [2.24, 2.45) is 0 Å². The summed E-state index contributed by atoms with van der Waals surface area (Å²) in [6.07, 6.45) is 1.01. The van der Waals surface area contributed by atoms with Gasteiger partial charge in [0.25, 0.3) is 0 Å². The molecule has 11 heavy (non-hydrogen) atoms. The second-order valence-corrected chi connectivity index (χ2v) is 2.47. The highest BCUT2D eigenvalue weighted by molar-refractivity contribution is 4.56. The molecule has 0 aliphatic carbocycles. The molecule has 0 rings (SSSR count). The zero-order valence-corrected chi connectivity index (χ0v) is 6.66. The summed E-state index contributed by atoms with van der Waals surface area (Å²) in [5.74, 6) is 0. The molecule has 0 aromatic carbocycles. The molecule has 0 unspecified atom stereocenters. The zero-order valence-electron chi connectivity index (χ0n) is 6.66. The highest BCUT2D eigenvalue weighted by Crippen LogP contribution is 1.84. The van der Waals surface area contributed by atoms with Gasteiger partial charge in [0, 0.05) is 13.2 Å². The van der Waals surface area contributed by atoms with Gasteiger partial charge in [-0.2, -0.15) is 0 Å². The van der Waals surface area contributed by atoms with Gasteiger partial charge in [-0.15, -0.1) is 0 Å². The Kier molecular flexibility index (Phi) is 7.83. The van der Waals surface area contributed by atoms with Crippen molar-refractivity contribution in [3.63, 3.8) is 0 Å². The summed E-state index contributed by atoms with van der Waals surface area (Å²) in [6, 6.07) is 0. The first-order chi connectivity index (χ1) is 5.31. The lowest BCUT2D eigenvalue weighted by molar-refractivity contribution is 0.0944. The van der Waals surface area contributed by atoms with E-state index in [9.17, 15) is 0 Å². The summed E-state index contributed by atoms with van der Waals surface area (Å²) in [5.41, 5.74) is 0. The number of hydrogen-bond acceptors (Lipinski definition) is 4. The van der Waals surface area contributed by atoms with Crippen LogP contribution in [0.5, 0.6) is 0 Å². The van der Waals surface area contributed by atoms with Crippen LogP contribution >= 0.6 is 0 Å². The predicted octanol–water partition coefficient (Wildman–Crippen LogP) is -1.30. The second kappa shape index (κ2) is 7.94. The molecule has 1 atom stereocenters. The van der Waals surface area contributed by atoms with Crippen LogP contribution in [0.4, 0.5) is 0 Å². The Morgan fingerprint density at radius 3 is 2.45 bits per heavy atom. The Morgan fingerprint density at radius 1 is 1.18 bits per heavy atom. The van der Waals surface area contributed by atoms with E-state index in [1.54, 1.807) is 0 Å². The van der Waals surface area contributed by atoms with Crippen molar-refractivity contribution in [2.75, 3.05) is 26.3 Å². The van der Waals surface area contributed by atoms with E-state index in [1.807, 2.05) is 0 Å². The summed E-state index contributed by atoms with van der Waals surface area (Å²) in [7, 11) is 0. The smallest absolute Gasteiger partial charge is 0.0894 e. The number of hydrogen-bond donors (Lipinski definition) is 4. The van der Waals surface area contributed by atoms with Crippen molar-refractivity contribution in [1.29, 1.82) is 0 Å². The third kappa shape index (κ3) is 7.74. The normalized spacial score (nSPS) is 13.4. The van der Waals surface area contributed by atoms with Gasteiger partial charge in [-0.25, -0.2) is 0 Å². The quantitative estimate of drug-likeness (QED) is 0.352. The summed E-state index contributed by atoms with van der Waals surface area (Å²) in [5, 5.41) is 28.6. The standard InChI is InChI=1S/C7H17NO3/c9-4-2-1-3-8-5-7(11)6-10/h7-11H,1-6H2/t7-/m0/s1. The van der Waals surface area contributed by atoms with Crippen LogP contribution in [-0.4, -0.2) is 47.7 Å². The first-order valence-electron chi connectivity index (χ1n) is 3.91. The van der Waals surface area contributed by atoms with Gasteiger partial charge in [0.1, 0.15) is 0 Å². The second-order valence-electron chi connectivity index (χ2n) is 2.47. The fourth-order valence-corrected chi connectivity index (χ4v) is 0.695. The Morgan fingerprint density at radius 2 is 1.91 bits per heavy atom. The summed E-state index contributed by atoms with van der Waals surface area (Å²) < 4.78 is 0. The molecular weight excluding hydrogens is 146 g/mol. The molecular formula is C7H17NO3. The number of rotatable bonds is 7. The van der Waals surface area contributed by atoms with Gasteiger partial charge in [0.2, 0.25) is 0 Å². The van der Waals surface area contributed by atoms with E-state index in [1.165, 1.54) is 0 Å². The van der Waals surface area contributed by atoms with E-state index in [0.29, 0.717) is 6.54 Å². The van der Waals surface area contributed by atoms with Crippen LogP contribution in [0.3, 0.4) is 0 Å². The molecule has 0 saturated heterocycles. The van der Waals surface area contributed by atoms with E-state index in [2.05, 4.69) is 5.32 Å². The molecule has 0 heterocycles. The van der Waals surface area contributed by atoms with Crippen molar-refractivity contribution in [2.45, 2.75) is 18.9 Å². The minimum absolute atomic E-state index is 0.201. The lowest BCUT2D eigenvalue weighted by atomic mass is 10.3. The maximum Gasteiger partial charge on any atom is 0.0894 e. The van der Waals surface area contributed by atoms with E-state index >= 15 is 0 Å². The number of nitrogens with one attached hydrogen (secondary N) is 1.